The molecule has 18 heavy (non-hydrogen) atoms. The van der Waals surface area contributed by atoms with Crippen molar-refractivity contribution in [3.8, 4) is 0 Å². The second-order valence-electron chi connectivity index (χ2n) is 5.66. The van der Waals surface area contributed by atoms with Crippen LogP contribution in [0, 0.1) is 5.92 Å². The van der Waals surface area contributed by atoms with Crippen LogP contribution in [0.25, 0.3) is 0 Å². The summed E-state index contributed by atoms with van der Waals surface area (Å²) >= 11 is 0. The minimum absolute atomic E-state index is 0.217. The molecule has 1 saturated heterocycles. The van der Waals surface area contributed by atoms with Crippen molar-refractivity contribution in [3.05, 3.63) is 11.7 Å². The average molecular weight is 251 g/mol. The molecule has 100 valence electrons. The summed E-state index contributed by atoms with van der Waals surface area (Å²) in [6.45, 7) is 4.14. The summed E-state index contributed by atoms with van der Waals surface area (Å²) in [7, 11) is 0. The fourth-order valence-electron chi connectivity index (χ4n) is 2.84. The molecule has 1 aliphatic heterocycles. The number of aliphatic hydroxyl groups excluding tert-OH is 1. The van der Waals surface area contributed by atoms with Gasteiger partial charge in [-0.3, -0.25) is 4.90 Å². The molecule has 3 rings (SSSR count). The molecule has 1 aliphatic carbocycles. The van der Waals surface area contributed by atoms with Gasteiger partial charge in [0.15, 0.2) is 5.82 Å². The van der Waals surface area contributed by atoms with E-state index < -0.39 is 0 Å². The van der Waals surface area contributed by atoms with Crippen LogP contribution in [-0.2, 0) is 6.54 Å². The highest BCUT2D eigenvalue weighted by molar-refractivity contribution is 5.02. The first kappa shape index (κ1) is 12.1. The van der Waals surface area contributed by atoms with Gasteiger partial charge < -0.3 is 9.63 Å². The van der Waals surface area contributed by atoms with E-state index in [1.54, 1.807) is 0 Å². The lowest BCUT2D eigenvalue weighted by atomic mass is 9.91. The number of piperidine rings is 1. The van der Waals surface area contributed by atoms with E-state index in [2.05, 4.69) is 22.0 Å². The van der Waals surface area contributed by atoms with E-state index in [1.165, 1.54) is 25.7 Å². The van der Waals surface area contributed by atoms with Crippen molar-refractivity contribution in [3.63, 3.8) is 0 Å². The maximum atomic E-state index is 9.51. The van der Waals surface area contributed by atoms with Crippen molar-refractivity contribution in [2.75, 3.05) is 13.2 Å². The Morgan fingerprint density at radius 2 is 2.22 bits per heavy atom. The van der Waals surface area contributed by atoms with E-state index in [-0.39, 0.29) is 12.6 Å². The summed E-state index contributed by atoms with van der Waals surface area (Å²) in [6.07, 6.45) is 4.75. The molecule has 1 saturated carbocycles. The van der Waals surface area contributed by atoms with Crippen molar-refractivity contribution in [2.24, 2.45) is 5.92 Å². The van der Waals surface area contributed by atoms with Crippen LogP contribution in [0.2, 0.25) is 0 Å². The number of aliphatic hydroxyl groups is 1. The first-order chi connectivity index (χ1) is 8.78. The van der Waals surface area contributed by atoms with Crippen molar-refractivity contribution >= 4 is 0 Å². The number of likely N-dealkylation sites (tertiary alicyclic amines) is 1. The van der Waals surface area contributed by atoms with Crippen molar-refractivity contribution in [1.82, 2.24) is 15.0 Å². The highest BCUT2D eigenvalue weighted by atomic mass is 16.5. The zero-order valence-corrected chi connectivity index (χ0v) is 10.9. The van der Waals surface area contributed by atoms with Gasteiger partial charge in [0.05, 0.1) is 13.2 Å². The molecule has 2 heterocycles. The summed E-state index contributed by atoms with van der Waals surface area (Å²) in [4.78, 5) is 6.75. The molecule has 1 N–H and O–H groups in total. The van der Waals surface area contributed by atoms with E-state index in [4.69, 9.17) is 4.52 Å². The minimum atomic E-state index is 0.217. The van der Waals surface area contributed by atoms with Gasteiger partial charge in [-0.05, 0) is 38.1 Å². The number of rotatable bonds is 4. The minimum Gasteiger partial charge on any atom is -0.395 e. The Balaban J connectivity index is 1.65. The lowest BCUT2D eigenvalue weighted by Crippen LogP contribution is -2.46. The molecule has 2 aliphatic rings. The molecule has 2 atom stereocenters. The Morgan fingerprint density at radius 3 is 2.94 bits per heavy atom. The zero-order valence-electron chi connectivity index (χ0n) is 10.9. The summed E-state index contributed by atoms with van der Waals surface area (Å²) in [5, 5.41) is 13.6. The zero-order chi connectivity index (χ0) is 12.5. The van der Waals surface area contributed by atoms with Gasteiger partial charge in [-0.2, -0.15) is 4.98 Å². The van der Waals surface area contributed by atoms with Crippen LogP contribution in [-0.4, -0.2) is 39.3 Å². The molecule has 0 radical (unpaired) electrons. The fourth-order valence-corrected chi connectivity index (χ4v) is 2.84. The molecule has 5 heteroatoms. The second-order valence-corrected chi connectivity index (χ2v) is 5.66. The van der Waals surface area contributed by atoms with Gasteiger partial charge in [0.1, 0.15) is 0 Å². The maximum Gasteiger partial charge on any atom is 0.229 e. The molecule has 2 unspecified atom stereocenters. The third-order valence-corrected chi connectivity index (χ3v) is 4.17. The van der Waals surface area contributed by atoms with Crippen molar-refractivity contribution < 1.29 is 9.63 Å². The summed E-state index contributed by atoms with van der Waals surface area (Å²) in [6, 6.07) is 0.238. The third kappa shape index (κ3) is 2.42. The van der Waals surface area contributed by atoms with Crippen molar-refractivity contribution in [2.45, 2.75) is 51.1 Å². The Labute approximate surface area is 107 Å². The van der Waals surface area contributed by atoms with Gasteiger partial charge in [0.25, 0.3) is 0 Å². The smallest absolute Gasteiger partial charge is 0.229 e. The molecule has 1 aromatic rings. The molecule has 5 nitrogen and oxygen atoms in total. The Morgan fingerprint density at radius 1 is 1.39 bits per heavy atom. The van der Waals surface area contributed by atoms with Crippen LogP contribution in [0.5, 0.6) is 0 Å². The van der Waals surface area contributed by atoms with Crippen LogP contribution < -0.4 is 0 Å². The summed E-state index contributed by atoms with van der Waals surface area (Å²) in [5.41, 5.74) is 0. The Bertz CT molecular complexity index is 403. The van der Waals surface area contributed by atoms with Crippen molar-refractivity contribution in [1.29, 1.82) is 0 Å². The van der Waals surface area contributed by atoms with Crippen LogP contribution in [0.3, 0.4) is 0 Å². The third-order valence-electron chi connectivity index (χ3n) is 4.17. The monoisotopic (exact) mass is 251 g/mol. The standard InChI is InChI=1S/C13H21N3O2/c1-9-3-2-6-16(11(9)8-17)7-12-14-13(18-15-12)10-4-5-10/h9-11,17H,2-8H2,1H3. The van der Waals surface area contributed by atoms with Gasteiger partial charge in [0.2, 0.25) is 5.89 Å². The van der Waals surface area contributed by atoms with E-state index in [0.29, 0.717) is 18.4 Å². The second kappa shape index (κ2) is 4.97. The molecule has 0 amide bonds. The molecule has 0 bridgehead atoms. The van der Waals surface area contributed by atoms with Gasteiger partial charge in [-0.25, -0.2) is 0 Å². The van der Waals surface area contributed by atoms with Gasteiger partial charge in [-0.15, -0.1) is 0 Å². The lowest BCUT2D eigenvalue weighted by Gasteiger charge is -2.38. The topological polar surface area (TPSA) is 62.4 Å². The predicted octanol–water partition coefficient (Wildman–Crippen LogP) is 1.54. The molecule has 0 aromatic carbocycles. The molecular formula is C13H21N3O2. The van der Waals surface area contributed by atoms with Crippen LogP contribution >= 0.6 is 0 Å². The Hall–Kier alpha value is -0.940. The highest BCUT2D eigenvalue weighted by Gasteiger charge is 2.31. The Kier molecular flexibility index (Phi) is 3.35. The molecule has 0 spiro atoms. The number of hydrogen-bond donors (Lipinski definition) is 1. The SMILES string of the molecule is CC1CCCN(Cc2noc(C3CC3)n2)C1CO. The summed E-state index contributed by atoms with van der Waals surface area (Å²) in [5.74, 6) is 2.62. The number of hydrogen-bond acceptors (Lipinski definition) is 5. The number of aromatic nitrogens is 2. The van der Waals surface area contributed by atoms with Crippen LogP contribution in [0.1, 0.15) is 50.2 Å². The molecule has 1 aromatic heterocycles. The molecular weight excluding hydrogens is 230 g/mol. The lowest BCUT2D eigenvalue weighted by molar-refractivity contribution is 0.0449. The van der Waals surface area contributed by atoms with E-state index in [0.717, 1.165) is 18.3 Å². The first-order valence-electron chi connectivity index (χ1n) is 6.95. The normalized spacial score (nSPS) is 29.7. The average Bonchev–Trinajstić information content (AvgIpc) is 3.11. The van der Waals surface area contributed by atoms with E-state index >= 15 is 0 Å². The first-order valence-corrected chi connectivity index (χ1v) is 6.95. The van der Waals surface area contributed by atoms with E-state index in [1.807, 2.05) is 0 Å². The van der Waals surface area contributed by atoms with Gasteiger partial charge >= 0.3 is 0 Å². The van der Waals surface area contributed by atoms with Gasteiger partial charge in [-0.1, -0.05) is 12.1 Å². The number of nitrogens with zero attached hydrogens (tertiary/aromatic N) is 3. The quantitative estimate of drug-likeness (QED) is 0.879. The van der Waals surface area contributed by atoms with Crippen LogP contribution in [0.4, 0.5) is 0 Å². The van der Waals surface area contributed by atoms with E-state index in [9.17, 15) is 5.11 Å². The highest BCUT2D eigenvalue weighted by Crippen LogP contribution is 2.39. The fraction of sp³-hybridized carbons (Fsp3) is 0.846. The van der Waals surface area contributed by atoms with Crippen LogP contribution in [0.15, 0.2) is 4.52 Å². The summed E-state index contributed by atoms with van der Waals surface area (Å²) < 4.78 is 5.28. The molecule has 2 fully saturated rings. The van der Waals surface area contributed by atoms with Gasteiger partial charge in [0, 0.05) is 12.0 Å². The maximum absolute atomic E-state index is 9.51. The largest absolute Gasteiger partial charge is 0.395 e. The predicted molar refractivity (Wildman–Crippen MR) is 66.0 cm³/mol.